The predicted octanol–water partition coefficient (Wildman–Crippen LogP) is 5.34. The van der Waals surface area contributed by atoms with Gasteiger partial charge in [-0.25, -0.2) is 12.8 Å². The van der Waals surface area contributed by atoms with Crippen LogP contribution in [0.2, 0.25) is 5.02 Å². The number of nitrogens with zero attached hydrogens (tertiary/aromatic N) is 2. The molecule has 0 aromatic heterocycles. The van der Waals surface area contributed by atoms with Crippen LogP contribution >= 0.6 is 23.4 Å². The first kappa shape index (κ1) is 30.2. The normalized spacial score (nSPS) is 11.2. The zero-order valence-corrected chi connectivity index (χ0v) is 23.6. The number of ether oxygens (including phenoxy) is 1. The molecule has 0 bridgehead atoms. The van der Waals surface area contributed by atoms with Gasteiger partial charge < -0.3 is 10.1 Å². The lowest BCUT2D eigenvalue weighted by molar-refractivity contribution is -0.385. The number of halogens is 2. The van der Waals surface area contributed by atoms with Crippen molar-refractivity contribution >= 4 is 50.7 Å². The van der Waals surface area contributed by atoms with Gasteiger partial charge in [0.1, 0.15) is 18.1 Å². The Bertz CT molecular complexity index is 1440. The summed E-state index contributed by atoms with van der Waals surface area (Å²) in [4.78, 5) is 23.3. The summed E-state index contributed by atoms with van der Waals surface area (Å²) in [6, 6.07) is 14.1. The van der Waals surface area contributed by atoms with Crippen molar-refractivity contribution in [3.8, 4) is 5.75 Å². The summed E-state index contributed by atoms with van der Waals surface area (Å²) >= 11 is 7.76. The third-order valence-electron chi connectivity index (χ3n) is 5.63. The Hall–Kier alpha value is -3.35. The van der Waals surface area contributed by atoms with Crippen molar-refractivity contribution in [1.82, 2.24) is 5.32 Å². The topological polar surface area (TPSA) is 119 Å². The molecule has 1 N–H and O–H groups in total. The molecule has 39 heavy (non-hydrogen) atoms. The van der Waals surface area contributed by atoms with Crippen molar-refractivity contribution in [2.45, 2.75) is 24.0 Å². The van der Waals surface area contributed by atoms with Gasteiger partial charge in [-0.1, -0.05) is 29.8 Å². The Labute approximate surface area is 235 Å². The van der Waals surface area contributed by atoms with E-state index in [1.54, 1.807) is 23.9 Å². The van der Waals surface area contributed by atoms with Crippen LogP contribution in [0.5, 0.6) is 5.75 Å². The van der Waals surface area contributed by atoms with Crippen molar-refractivity contribution in [2.24, 2.45) is 0 Å². The van der Waals surface area contributed by atoms with Crippen molar-refractivity contribution in [1.29, 1.82) is 0 Å². The number of benzene rings is 3. The molecule has 1 amide bonds. The second-order valence-corrected chi connectivity index (χ2v) is 11.8. The van der Waals surface area contributed by atoms with E-state index < -0.39 is 27.4 Å². The van der Waals surface area contributed by atoms with Crippen LogP contribution in [0.1, 0.15) is 17.5 Å². The van der Waals surface area contributed by atoms with Crippen LogP contribution in [0.4, 0.5) is 15.8 Å². The van der Waals surface area contributed by atoms with E-state index in [-0.39, 0.29) is 32.9 Å². The number of nitro benzene ring substituents is 1. The number of aryl methyl sites for hydroxylation is 1. The van der Waals surface area contributed by atoms with Gasteiger partial charge in [-0.15, -0.1) is 0 Å². The first-order valence-electron chi connectivity index (χ1n) is 11.7. The van der Waals surface area contributed by atoms with Crippen LogP contribution in [0, 0.1) is 22.9 Å². The highest BCUT2D eigenvalue weighted by molar-refractivity contribution is 7.98. The maximum atomic E-state index is 13.7. The fourth-order valence-electron chi connectivity index (χ4n) is 3.59. The Kier molecular flexibility index (Phi) is 10.6. The highest BCUT2D eigenvalue weighted by Gasteiger charge is 2.31. The number of methoxy groups -OCH3 is 1. The summed E-state index contributed by atoms with van der Waals surface area (Å²) in [5.41, 5.74) is 0.925. The van der Waals surface area contributed by atoms with Crippen LogP contribution < -0.4 is 14.4 Å². The molecule has 0 saturated heterocycles. The number of rotatable bonds is 13. The number of nitro groups is 1. The van der Waals surface area contributed by atoms with Gasteiger partial charge in [0, 0.05) is 29.0 Å². The summed E-state index contributed by atoms with van der Waals surface area (Å²) in [5, 5.41) is 14.4. The van der Waals surface area contributed by atoms with Crippen LogP contribution in [-0.4, -0.2) is 45.2 Å². The number of amides is 1. The molecular formula is C26H27ClFN3O6S2. The zero-order chi connectivity index (χ0) is 28.6. The Morgan fingerprint density at radius 3 is 2.54 bits per heavy atom. The van der Waals surface area contributed by atoms with E-state index in [1.165, 1.54) is 56.5 Å². The second kappa shape index (κ2) is 13.6. The minimum Gasteiger partial charge on any atom is -0.495 e. The largest absolute Gasteiger partial charge is 0.495 e. The molecule has 0 fully saturated rings. The van der Waals surface area contributed by atoms with Crippen molar-refractivity contribution in [3.63, 3.8) is 0 Å². The lowest BCUT2D eigenvalue weighted by Gasteiger charge is -2.26. The monoisotopic (exact) mass is 595 g/mol. The number of carbonyl (C=O) groups is 1. The Morgan fingerprint density at radius 2 is 1.87 bits per heavy atom. The summed E-state index contributed by atoms with van der Waals surface area (Å²) in [5.74, 6) is 0.686. The first-order chi connectivity index (χ1) is 18.5. The molecule has 0 radical (unpaired) electrons. The van der Waals surface area contributed by atoms with E-state index in [1.807, 2.05) is 0 Å². The average molecular weight is 596 g/mol. The Balaban J connectivity index is 1.74. The summed E-state index contributed by atoms with van der Waals surface area (Å²) < 4.78 is 46.6. The van der Waals surface area contributed by atoms with Gasteiger partial charge in [0.2, 0.25) is 5.91 Å². The molecule has 0 atom stereocenters. The molecule has 0 unspecified atom stereocenters. The second-order valence-electron chi connectivity index (χ2n) is 8.42. The average Bonchev–Trinajstić information content (AvgIpc) is 2.90. The van der Waals surface area contributed by atoms with Gasteiger partial charge in [-0.05, 0) is 61.1 Å². The van der Waals surface area contributed by atoms with Gasteiger partial charge >= 0.3 is 0 Å². The van der Waals surface area contributed by atoms with E-state index in [2.05, 4.69) is 5.32 Å². The van der Waals surface area contributed by atoms with E-state index in [4.69, 9.17) is 16.3 Å². The number of hydrogen-bond donors (Lipinski definition) is 1. The third-order valence-corrected chi connectivity index (χ3v) is 8.74. The van der Waals surface area contributed by atoms with E-state index in [0.717, 1.165) is 21.7 Å². The molecular weight excluding hydrogens is 569 g/mol. The fourth-order valence-corrected chi connectivity index (χ4v) is 6.12. The molecule has 0 aliphatic heterocycles. The number of anilines is 1. The minimum atomic E-state index is -4.45. The van der Waals surface area contributed by atoms with E-state index in [9.17, 15) is 27.7 Å². The van der Waals surface area contributed by atoms with Gasteiger partial charge in [0.15, 0.2) is 0 Å². The van der Waals surface area contributed by atoms with Gasteiger partial charge in [-0.3, -0.25) is 19.2 Å². The molecule has 0 saturated carbocycles. The highest BCUT2D eigenvalue weighted by atomic mass is 35.5. The van der Waals surface area contributed by atoms with Crippen LogP contribution in [0.25, 0.3) is 0 Å². The van der Waals surface area contributed by atoms with E-state index >= 15 is 0 Å². The lowest BCUT2D eigenvalue weighted by atomic mass is 10.2. The molecule has 0 aliphatic rings. The number of thioether (sulfide) groups is 1. The molecule has 208 valence electrons. The van der Waals surface area contributed by atoms with Crippen molar-refractivity contribution in [3.05, 3.63) is 92.7 Å². The molecule has 3 aromatic rings. The molecule has 3 rings (SSSR count). The quantitative estimate of drug-likeness (QED) is 0.161. The minimum absolute atomic E-state index is 0.0123. The van der Waals surface area contributed by atoms with Gasteiger partial charge in [0.25, 0.3) is 15.7 Å². The number of hydrogen-bond acceptors (Lipinski definition) is 7. The van der Waals surface area contributed by atoms with Gasteiger partial charge in [0.05, 0.1) is 22.6 Å². The summed E-state index contributed by atoms with van der Waals surface area (Å²) in [6.45, 7) is 1.19. The highest BCUT2D eigenvalue weighted by Crippen LogP contribution is 2.35. The van der Waals surface area contributed by atoms with E-state index in [0.29, 0.717) is 24.3 Å². The van der Waals surface area contributed by atoms with Crippen molar-refractivity contribution in [2.75, 3.05) is 30.3 Å². The SMILES string of the molecule is COc1ccc(Cl)cc1N(CC(=O)NCCCSCc1ccc(F)cc1)S(=O)(=O)c1ccc(C)c([N+](=O)[O-])c1. The van der Waals surface area contributed by atoms with Crippen LogP contribution in [0.15, 0.2) is 65.6 Å². The number of carbonyl (C=O) groups excluding carboxylic acids is 1. The standard InChI is InChI=1S/C26H27ClFN3O6S2/c1-18-4-10-22(15-23(18)31(33)34)39(35,36)30(24-14-20(27)7-11-25(24)37-2)16-26(32)29-12-3-13-38-17-19-5-8-21(28)9-6-19/h4-11,14-15H,3,12-13,16-17H2,1-2H3,(H,29,32). The predicted molar refractivity (Wildman–Crippen MR) is 151 cm³/mol. The Morgan fingerprint density at radius 1 is 1.15 bits per heavy atom. The smallest absolute Gasteiger partial charge is 0.273 e. The van der Waals surface area contributed by atoms with Gasteiger partial charge in [-0.2, -0.15) is 11.8 Å². The molecule has 0 heterocycles. The molecule has 3 aromatic carbocycles. The third kappa shape index (κ3) is 8.07. The molecule has 9 nitrogen and oxygen atoms in total. The van der Waals surface area contributed by atoms with Crippen LogP contribution in [-0.2, 0) is 20.6 Å². The first-order valence-corrected chi connectivity index (χ1v) is 14.7. The van der Waals surface area contributed by atoms with Crippen molar-refractivity contribution < 1.29 is 27.3 Å². The summed E-state index contributed by atoms with van der Waals surface area (Å²) in [7, 11) is -3.10. The molecule has 13 heteroatoms. The maximum absolute atomic E-state index is 13.7. The maximum Gasteiger partial charge on any atom is 0.273 e. The fraction of sp³-hybridized carbons (Fsp3) is 0.269. The van der Waals surface area contributed by atoms with Crippen LogP contribution in [0.3, 0.4) is 0 Å². The number of nitrogens with one attached hydrogen (secondary N) is 1. The zero-order valence-electron chi connectivity index (χ0n) is 21.2. The molecule has 0 aliphatic carbocycles. The molecule has 0 spiro atoms. The number of sulfonamides is 1. The lowest BCUT2D eigenvalue weighted by Crippen LogP contribution is -2.41. The summed E-state index contributed by atoms with van der Waals surface area (Å²) in [6.07, 6.45) is 0.620.